The Hall–Kier alpha value is -1.75. The number of hydrogen-bond acceptors (Lipinski definition) is 4. The standard InChI is InChI=1S/C12H16F3N5/c1-9-10(7-16)11(18(2)17-9)20-5-3-19(4-6-20)8-12(13,14)15/h3-6,8H2,1-2H3. The summed E-state index contributed by atoms with van der Waals surface area (Å²) in [5.74, 6) is 0.691. The van der Waals surface area contributed by atoms with Crippen LogP contribution in [-0.4, -0.2) is 53.6 Å². The Kier molecular flexibility index (Phi) is 3.90. The molecule has 1 aromatic heterocycles. The first-order valence-corrected chi connectivity index (χ1v) is 6.29. The minimum absolute atomic E-state index is 0.328. The van der Waals surface area contributed by atoms with Crippen LogP contribution in [0.2, 0.25) is 0 Å². The Morgan fingerprint density at radius 2 is 1.85 bits per heavy atom. The summed E-state index contributed by atoms with van der Waals surface area (Å²) in [7, 11) is 1.74. The van der Waals surface area contributed by atoms with Gasteiger partial charge < -0.3 is 4.90 Å². The van der Waals surface area contributed by atoms with Gasteiger partial charge in [-0.05, 0) is 6.92 Å². The van der Waals surface area contributed by atoms with Crippen LogP contribution < -0.4 is 4.90 Å². The highest BCUT2D eigenvalue weighted by molar-refractivity contribution is 5.57. The summed E-state index contributed by atoms with van der Waals surface area (Å²) in [4.78, 5) is 3.30. The lowest BCUT2D eigenvalue weighted by Gasteiger charge is -2.36. The average molecular weight is 287 g/mol. The van der Waals surface area contributed by atoms with E-state index in [1.807, 2.05) is 4.90 Å². The van der Waals surface area contributed by atoms with Crippen LogP contribution in [0.4, 0.5) is 19.0 Å². The number of aromatic nitrogens is 2. The fraction of sp³-hybridized carbons (Fsp3) is 0.667. The van der Waals surface area contributed by atoms with Gasteiger partial charge in [-0.2, -0.15) is 23.5 Å². The van der Waals surface area contributed by atoms with E-state index in [0.29, 0.717) is 43.3 Å². The van der Waals surface area contributed by atoms with Gasteiger partial charge in [-0.3, -0.25) is 9.58 Å². The van der Waals surface area contributed by atoms with E-state index >= 15 is 0 Å². The minimum atomic E-state index is -4.16. The van der Waals surface area contributed by atoms with Crippen molar-refractivity contribution in [3.05, 3.63) is 11.3 Å². The third kappa shape index (κ3) is 3.04. The normalized spacial score (nSPS) is 17.3. The molecule has 1 fully saturated rings. The maximum absolute atomic E-state index is 12.3. The molecule has 1 aliphatic heterocycles. The Morgan fingerprint density at radius 1 is 1.25 bits per heavy atom. The molecule has 0 aliphatic carbocycles. The molecule has 0 spiro atoms. The van der Waals surface area contributed by atoms with Crippen molar-refractivity contribution in [2.75, 3.05) is 37.6 Å². The zero-order valence-corrected chi connectivity index (χ0v) is 11.4. The number of aryl methyl sites for hydroxylation is 2. The quantitative estimate of drug-likeness (QED) is 0.822. The van der Waals surface area contributed by atoms with Crippen LogP contribution in [0, 0.1) is 18.3 Å². The van der Waals surface area contributed by atoms with Crippen molar-refractivity contribution in [1.29, 1.82) is 5.26 Å². The third-order valence-electron chi connectivity index (χ3n) is 3.38. The average Bonchev–Trinajstić information content (AvgIpc) is 2.62. The molecular formula is C12H16F3N5. The van der Waals surface area contributed by atoms with Crippen LogP contribution in [0.25, 0.3) is 0 Å². The molecule has 1 aliphatic rings. The predicted octanol–water partition coefficient (Wildman–Crippen LogP) is 1.28. The van der Waals surface area contributed by atoms with Crippen LogP contribution in [0.5, 0.6) is 0 Å². The number of piperazine rings is 1. The molecule has 0 N–H and O–H groups in total. The monoisotopic (exact) mass is 287 g/mol. The highest BCUT2D eigenvalue weighted by Crippen LogP contribution is 2.24. The molecule has 0 atom stereocenters. The predicted molar refractivity (Wildman–Crippen MR) is 67.4 cm³/mol. The first-order valence-electron chi connectivity index (χ1n) is 6.29. The second-order valence-electron chi connectivity index (χ2n) is 4.90. The van der Waals surface area contributed by atoms with E-state index in [1.165, 1.54) is 4.90 Å². The molecule has 0 amide bonds. The molecule has 0 bridgehead atoms. The van der Waals surface area contributed by atoms with Crippen molar-refractivity contribution >= 4 is 5.82 Å². The highest BCUT2D eigenvalue weighted by Gasteiger charge is 2.33. The van der Waals surface area contributed by atoms with Gasteiger partial charge in [0, 0.05) is 33.2 Å². The van der Waals surface area contributed by atoms with Gasteiger partial charge in [0.2, 0.25) is 0 Å². The van der Waals surface area contributed by atoms with Crippen molar-refractivity contribution < 1.29 is 13.2 Å². The van der Waals surface area contributed by atoms with E-state index in [4.69, 9.17) is 5.26 Å². The van der Waals surface area contributed by atoms with Crippen LogP contribution in [0.1, 0.15) is 11.3 Å². The number of alkyl halides is 3. The summed E-state index contributed by atoms with van der Waals surface area (Å²) in [6.45, 7) is 2.45. The van der Waals surface area contributed by atoms with Crippen molar-refractivity contribution in [2.24, 2.45) is 7.05 Å². The van der Waals surface area contributed by atoms with E-state index in [-0.39, 0.29) is 0 Å². The lowest BCUT2D eigenvalue weighted by atomic mass is 10.2. The fourth-order valence-electron chi connectivity index (χ4n) is 2.51. The Bertz CT molecular complexity index is 520. The lowest BCUT2D eigenvalue weighted by molar-refractivity contribution is -0.146. The second-order valence-corrected chi connectivity index (χ2v) is 4.90. The van der Waals surface area contributed by atoms with E-state index in [1.54, 1.807) is 18.7 Å². The molecule has 110 valence electrons. The van der Waals surface area contributed by atoms with Crippen LogP contribution in [-0.2, 0) is 7.05 Å². The Labute approximate surface area is 115 Å². The van der Waals surface area contributed by atoms with Crippen LogP contribution in [0.3, 0.4) is 0 Å². The SMILES string of the molecule is Cc1nn(C)c(N2CCN(CC(F)(F)F)CC2)c1C#N. The topological polar surface area (TPSA) is 48.1 Å². The number of nitriles is 1. The Balaban J connectivity index is 2.07. The van der Waals surface area contributed by atoms with E-state index < -0.39 is 12.7 Å². The number of rotatable bonds is 2. The maximum Gasteiger partial charge on any atom is 0.401 e. The van der Waals surface area contributed by atoms with Gasteiger partial charge in [-0.25, -0.2) is 0 Å². The molecule has 2 rings (SSSR count). The molecular weight excluding hydrogens is 271 g/mol. The molecule has 0 unspecified atom stereocenters. The van der Waals surface area contributed by atoms with E-state index in [0.717, 1.165) is 0 Å². The Morgan fingerprint density at radius 3 is 2.35 bits per heavy atom. The van der Waals surface area contributed by atoms with Gasteiger partial charge in [0.25, 0.3) is 0 Å². The zero-order chi connectivity index (χ0) is 14.9. The van der Waals surface area contributed by atoms with Crippen molar-refractivity contribution in [1.82, 2.24) is 14.7 Å². The summed E-state index contributed by atoms with van der Waals surface area (Å²) in [6, 6.07) is 2.11. The summed E-state index contributed by atoms with van der Waals surface area (Å²) in [5, 5.41) is 13.4. The molecule has 0 aromatic carbocycles. The molecule has 1 saturated heterocycles. The van der Waals surface area contributed by atoms with Crippen LogP contribution >= 0.6 is 0 Å². The van der Waals surface area contributed by atoms with Gasteiger partial charge in [-0.15, -0.1) is 0 Å². The molecule has 1 aromatic rings. The number of hydrogen-bond donors (Lipinski definition) is 0. The molecule has 0 radical (unpaired) electrons. The summed E-state index contributed by atoms with van der Waals surface area (Å²) in [6.07, 6.45) is -4.16. The number of halogens is 3. The molecule has 8 heteroatoms. The molecule has 2 heterocycles. The van der Waals surface area contributed by atoms with E-state index in [9.17, 15) is 13.2 Å². The summed E-state index contributed by atoms with van der Waals surface area (Å²) in [5.41, 5.74) is 1.14. The molecule has 0 saturated carbocycles. The smallest absolute Gasteiger partial charge is 0.353 e. The summed E-state index contributed by atoms with van der Waals surface area (Å²) < 4.78 is 38.6. The van der Waals surface area contributed by atoms with Gasteiger partial charge in [-0.1, -0.05) is 0 Å². The first-order chi connectivity index (χ1) is 9.31. The highest BCUT2D eigenvalue weighted by atomic mass is 19.4. The first kappa shape index (κ1) is 14.7. The van der Waals surface area contributed by atoms with Gasteiger partial charge in [0.05, 0.1) is 12.2 Å². The van der Waals surface area contributed by atoms with Crippen molar-refractivity contribution in [3.63, 3.8) is 0 Å². The van der Waals surface area contributed by atoms with Crippen molar-refractivity contribution in [3.8, 4) is 6.07 Å². The van der Waals surface area contributed by atoms with E-state index in [2.05, 4.69) is 11.2 Å². The van der Waals surface area contributed by atoms with Crippen molar-refractivity contribution in [2.45, 2.75) is 13.1 Å². The minimum Gasteiger partial charge on any atom is -0.353 e. The summed E-state index contributed by atoms with van der Waals surface area (Å²) >= 11 is 0. The van der Waals surface area contributed by atoms with Gasteiger partial charge in [0.1, 0.15) is 17.5 Å². The van der Waals surface area contributed by atoms with Crippen LogP contribution in [0.15, 0.2) is 0 Å². The van der Waals surface area contributed by atoms with Gasteiger partial charge in [0.15, 0.2) is 0 Å². The van der Waals surface area contributed by atoms with Gasteiger partial charge >= 0.3 is 6.18 Å². The molecule has 20 heavy (non-hydrogen) atoms. The molecule has 5 nitrogen and oxygen atoms in total. The lowest BCUT2D eigenvalue weighted by Crippen LogP contribution is -2.49. The number of anilines is 1. The maximum atomic E-state index is 12.3. The second kappa shape index (κ2) is 5.32. The number of nitrogens with zero attached hydrogens (tertiary/aromatic N) is 5. The fourth-order valence-corrected chi connectivity index (χ4v) is 2.51. The zero-order valence-electron chi connectivity index (χ0n) is 11.4. The third-order valence-corrected chi connectivity index (χ3v) is 3.38. The largest absolute Gasteiger partial charge is 0.401 e.